The molecule has 0 radical (unpaired) electrons. The van der Waals surface area contributed by atoms with Gasteiger partial charge in [-0.15, -0.1) is 0 Å². The Morgan fingerprint density at radius 3 is 2.53 bits per heavy atom. The topological polar surface area (TPSA) is 21.6 Å². The van der Waals surface area contributed by atoms with Crippen molar-refractivity contribution in [3.05, 3.63) is 15.4 Å². The second-order valence-corrected chi connectivity index (χ2v) is 24.6. The van der Waals surface area contributed by atoms with E-state index in [-0.39, 0.29) is 5.54 Å². The first-order valence-corrected chi connectivity index (χ1v) is 18.3. The van der Waals surface area contributed by atoms with Crippen molar-refractivity contribution in [2.24, 2.45) is 4.99 Å². The van der Waals surface area contributed by atoms with Crippen LogP contribution >= 0.6 is 27.3 Å². The van der Waals surface area contributed by atoms with Crippen molar-refractivity contribution in [3.8, 4) is 0 Å². The van der Waals surface area contributed by atoms with Crippen molar-refractivity contribution in [3.63, 3.8) is 0 Å². The number of rotatable bonds is 4. The molecule has 1 aromatic rings. The van der Waals surface area contributed by atoms with Gasteiger partial charge in [-0.1, -0.05) is 0 Å². The molecule has 0 aromatic carbocycles. The van der Waals surface area contributed by atoms with Gasteiger partial charge >= 0.3 is 133 Å². The number of hydrogen-bond donors (Lipinski definition) is 0. The third-order valence-corrected chi connectivity index (χ3v) is 14.5. The van der Waals surface area contributed by atoms with Gasteiger partial charge in [0.05, 0.1) is 0 Å². The predicted molar refractivity (Wildman–Crippen MR) is 90.8 cm³/mol. The molecule has 0 bridgehead atoms. The molecule has 2 rings (SSSR count). The predicted octanol–water partition coefficient (Wildman–Crippen LogP) is 4.20. The first-order chi connectivity index (χ1) is 8.67. The molecule has 0 amide bonds. The Morgan fingerprint density at radius 1 is 1.37 bits per heavy atom. The zero-order chi connectivity index (χ0) is 14.3. The van der Waals surface area contributed by atoms with E-state index >= 15 is 0 Å². The van der Waals surface area contributed by atoms with Crippen LogP contribution in [0.1, 0.15) is 25.8 Å². The van der Waals surface area contributed by atoms with Gasteiger partial charge < -0.3 is 0 Å². The molecule has 0 atom stereocenters. The van der Waals surface area contributed by atoms with Gasteiger partial charge in [-0.3, -0.25) is 0 Å². The molecule has 0 saturated carbocycles. The van der Waals surface area contributed by atoms with E-state index in [0.29, 0.717) is 0 Å². The summed E-state index contributed by atoms with van der Waals surface area (Å²) >= 11 is 3.72. The zero-order valence-electron chi connectivity index (χ0n) is 12.3. The van der Waals surface area contributed by atoms with Crippen molar-refractivity contribution < 1.29 is 4.74 Å². The van der Waals surface area contributed by atoms with Crippen LogP contribution in [0.3, 0.4) is 0 Å². The molecule has 19 heavy (non-hydrogen) atoms. The molecule has 0 fully saturated rings. The Morgan fingerprint density at radius 2 is 2.05 bits per heavy atom. The molecule has 0 unspecified atom stereocenters. The van der Waals surface area contributed by atoms with Crippen molar-refractivity contribution in [2.45, 2.75) is 47.0 Å². The Kier molecular flexibility index (Phi) is 4.73. The molecular weight excluding hydrogens is 429 g/mol. The Balaban J connectivity index is 2.03. The second kappa shape index (κ2) is 5.68. The van der Waals surface area contributed by atoms with E-state index in [0.717, 1.165) is 25.3 Å². The molecule has 0 saturated heterocycles. The fourth-order valence-electron chi connectivity index (χ4n) is 1.98. The molecule has 106 valence electrons. The van der Waals surface area contributed by atoms with Crippen LogP contribution in [-0.2, 0) is 11.2 Å². The SMILES string of the molecule is CC1(C)COC(CCc2c[c]([Sn]([CH3])([CH3])[CH3])sc2Br)=N1. The van der Waals surface area contributed by atoms with E-state index < -0.39 is 18.4 Å². The van der Waals surface area contributed by atoms with Crippen LogP contribution in [0.15, 0.2) is 14.8 Å². The summed E-state index contributed by atoms with van der Waals surface area (Å²) in [6.45, 7) is 4.95. The van der Waals surface area contributed by atoms with Crippen molar-refractivity contribution >= 4 is 54.4 Å². The summed E-state index contributed by atoms with van der Waals surface area (Å²) in [4.78, 5) is 12.0. The molecule has 0 spiro atoms. The average molecular weight is 451 g/mol. The van der Waals surface area contributed by atoms with Gasteiger partial charge in [-0.05, 0) is 0 Å². The van der Waals surface area contributed by atoms with Crippen molar-refractivity contribution in [2.75, 3.05) is 6.61 Å². The molecule has 0 aliphatic carbocycles. The summed E-state index contributed by atoms with van der Waals surface area (Å²) < 4.78 is 8.58. The third-order valence-electron chi connectivity index (χ3n) is 3.12. The van der Waals surface area contributed by atoms with Crippen molar-refractivity contribution in [1.82, 2.24) is 0 Å². The molecule has 0 N–H and O–H groups in total. The number of ether oxygens (including phenoxy) is 1. The van der Waals surface area contributed by atoms with Crippen LogP contribution in [-0.4, -0.2) is 36.4 Å². The van der Waals surface area contributed by atoms with Gasteiger partial charge in [0.15, 0.2) is 0 Å². The van der Waals surface area contributed by atoms with Gasteiger partial charge in [0.25, 0.3) is 0 Å². The first kappa shape index (κ1) is 15.8. The maximum atomic E-state index is 5.66. The third kappa shape index (κ3) is 4.21. The van der Waals surface area contributed by atoms with Gasteiger partial charge in [-0.2, -0.15) is 0 Å². The molecule has 5 heteroatoms. The van der Waals surface area contributed by atoms with Crippen LogP contribution in [0.2, 0.25) is 14.8 Å². The number of thiophene rings is 1. The maximum absolute atomic E-state index is 5.66. The molecule has 1 aliphatic rings. The normalized spacial score (nSPS) is 18.3. The summed E-state index contributed by atoms with van der Waals surface area (Å²) in [6.07, 6.45) is 1.94. The quantitative estimate of drug-likeness (QED) is 0.630. The number of halogens is 1. The van der Waals surface area contributed by atoms with Gasteiger partial charge in [0.1, 0.15) is 0 Å². The summed E-state index contributed by atoms with van der Waals surface area (Å²) in [5.41, 5.74) is 1.39. The summed E-state index contributed by atoms with van der Waals surface area (Å²) in [6, 6.07) is 2.41. The van der Waals surface area contributed by atoms with Crippen LogP contribution in [0.4, 0.5) is 0 Å². The van der Waals surface area contributed by atoms with E-state index in [1.165, 1.54) is 9.35 Å². The summed E-state index contributed by atoms with van der Waals surface area (Å²) in [5, 5.41) is 0. The van der Waals surface area contributed by atoms with E-state index in [1.807, 2.05) is 11.3 Å². The summed E-state index contributed by atoms with van der Waals surface area (Å²) in [5.74, 6) is 0.920. The van der Waals surface area contributed by atoms with Crippen molar-refractivity contribution in [1.29, 1.82) is 0 Å². The monoisotopic (exact) mass is 451 g/mol. The molecule has 1 aromatic heterocycles. The molecule has 2 heterocycles. The standard InChI is InChI=1S/C11H13BrNOS.3CH3.Sn/c1-11(2)7-14-9(13-11)4-3-8-5-6-15-10(8)12;;;;/h5H,3-4,7H2,1-2H3;3*1H3;. The summed E-state index contributed by atoms with van der Waals surface area (Å²) in [7, 11) is 0. The zero-order valence-corrected chi connectivity index (χ0v) is 17.6. The molecular formula is C14H22BrNOSSn. The minimum atomic E-state index is -1.93. The van der Waals surface area contributed by atoms with Gasteiger partial charge in [-0.25, -0.2) is 0 Å². The fourth-order valence-corrected chi connectivity index (χ4v) is 10.3. The Labute approximate surface area is 132 Å². The molecule has 2 nitrogen and oxygen atoms in total. The number of aliphatic imine (C=N–C) groups is 1. The van der Waals surface area contributed by atoms with E-state index in [2.05, 4.69) is 55.7 Å². The van der Waals surface area contributed by atoms with Gasteiger partial charge in [0, 0.05) is 0 Å². The van der Waals surface area contributed by atoms with Crippen LogP contribution < -0.4 is 2.89 Å². The van der Waals surface area contributed by atoms with Gasteiger partial charge in [0.2, 0.25) is 0 Å². The fraction of sp³-hybridized carbons (Fsp3) is 0.643. The van der Waals surface area contributed by atoms with E-state index in [1.54, 1.807) is 2.89 Å². The van der Waals surface area contributed by atoms with E-state index in [9.17, 15) is 0 Å². The minimum absolute atomic E-state index is 0.0335. The second-order valence-electron chi connectivity index (χ2n) is 6.77. The molecule has 1 aliphatic heterocycles. The van der Waals surface area contributed by atoms with E-state index in [4.69, 9.17) is 4.74 Å². The van der Waals surface area contributed by atoms with Crippen LogP contribution in [0.5, 0.6) is 0 Å². The number of nitrogens with zero attached hydrogens (tertiary/aromatic N) is 1. The number of hydrogen-bond acceptors (Lipinski definition) is 3. The van der Waals surface area contributed by atoms with Crippen LogP contribution in [0, 0.1) is 0 Å². The van der Waals surface area contributed by atoms with Crippen LogP contribution in [0.25, 0.3) is 0 Å². The average Bonchev–Trinajstić information content (AvgIpc) is 2.78. The first-order valence-electron chi connectivity index (χ1n) is 6.68. The number of aryl methyl sites for hydroxylation is 1. The Bertz CT molecular complexity index is 502. The Hall–Kier alpha value is 0.449.